The lowest BCUT2D eigenvalue weighted by Crippen LogP contribution is -2.36. The number of amides is 3. The van der Waals surface area contributed by atoms with Crippen LogP contribution in [0.25, 0.3) is 0 Å². The van der Waals surface area contributed by atoms with Crippen molar-refractivity contribution < 1.29 is 14.4 Å². The van der Waals surface area contributed by atoms with Crippen molar-refractivity contribution in [3.05, 3.63) is 21.3 Å². The number of rotatable bonds is 6. The minimum absolute atomic E-state index is 0.0606. The number of hydrogen-bond acceptors (Lipinski definition) is 4. The molecule has 2 heterocycles. The van der Waals surface area contributed by atoms with E-state index in [4.69, 9.17) is 11.6 Å². The van der Waals surface area contributed by atoms with Crippen LogP contribution in [-0.2, 0) is 20.9 Å². The van der Waals surface area contributed by atoms with Crippen molar-refractivity contribution in [2.75, 3.05) is 13.1 Å². The number of halogens is 1. The van der Waals surface area contributed by atoms with E-state index < -0.39 is 0 Å². The SMILES string of the molecule is CCN(Cc1ccc(Cl)s1)C(=O)CCN1C(=O)CCC1=O. The van der Waals surface area contributed by atoms with Gasteiger partial charge in [-0.25, -0.2) is 0 Å². The Balaban J connectivity index is 1.88. The number of carbonyl (C=O) groups excluding carboxylic acids is 3. The Bertz CT molecular complexity index is 542. The highest BCUT2D eigenvalue weighted by Crippen LogP contribution is 2.23. The second kappa shape index (κ2) is 7.04. The van der Waals surface area contributed by atoms with Crippen LogP contribution in [0.3, 0.4) is 0 Å². The molecule has 0 atom stereocenters. The minimum atomic E-state index is -0.180. The third-order valence-corrected chi connectivity index (χ3v) is 4.63. The van der Waals surface area contributed by atoms with Gasteiger partial charge in [-0.05, 0) is 19.1 Å². The molecule has 0 radical (unpaired) electrons. The molecule has 0 bridgehead atoms. The average molecular weight is 329 g/mol. The Morgan fingerprint density at radius 3 is 2.52 bits per heavy atom. The van der Waals surface area contributed by atoms with Gasteiger partial charge >= 0.3 is 0 Å². The lowest BCUT2D eigenvalue weighted by molar-refractivity contribution is -0.139. The summed E-state index contributed by atoms with van der Waals surface area (Å²) >= 11 is 7.33. The summed E-state index contributed by atoms with van der Waals surface area (Å²) in [5, 5.41) is 0. The number of nitrogens with zero attached hydrogens (tertiary/aromatic N) is 2. The number of hydrogen-bond donors (Lipinski definition) is 0. The van der Waals surface area contributed by atoms with E-state index >= 15 is 0 Å². The van der Waals surface area contributed by atoms with Gasteiger partial charge in [-0.3, -0.25) is 19.3 Å². The molecule has 114 valence electrons. The third-order valence-electron chi connectivity index (χ3n) is 3.41. The van der Waals surface area contributed by atoms with Gasteiger partial charge in [-0.2, -0.15) is 0 Å². The molecule has 1 fully saturated rings. The first-order valence-corrected chi connectivity index (χ1v) is 8.06. The van der Waals surface area contributed by atoms with Crippen LogP contribution in [0.15, 0.2) is 12.1 Å². The molecule has 1 aromatic rings. The average Bonchev–Trinajstić information content (AvgIpc) is 3.00. The molecule has 0 unspecified atom stereocenters. The lowest BCUT2D eigenvalue weighted by Gasteiger charge is -2.21. The number of imide groups is 1. The van der Waals surface area contributed by atoms with Crippen molar-refractivity contribution in [3.63, 3.8) is 0 Å². The van der Waals surface area contributed by atoms with Gasteiger partial charge in [0, 0.05) is 37.2 Å². The van der Waals surface area contributed by atoms with Crippen molar-refractivity contribution in [2.45, 2.75) is 32.7 Å². The van der Waals surface area contributed by atoms with Crippen LogP contribution in [0.4, 0.5) is 0 Å². The molecular weight excluding hydrogens is 312 g/mol. The van der Waals surface area contributed by atoms with Crippen LogP contribution < -0.4 is 0 Å². The zero-order chi connectivity index (χ0) is 15.4. The van der Waals surface area contributed by atoms with E-state index in [-0.39, 0.29) is 43.5 Å². The molecule has 21 heavy (non-hydrogen) atoms. The van der Waals surface area contributed by atoms with E-state index in [1.165, 1.54) is 16.2 Å². The van der Waals surface area contributed by atoms with Gasteiger partial charge in [0.1, 0.15) is 0 Å². The Morgan fingerprint density at radius 2 is 2.00 bits per heavy atom. The predicted octanol–water partition coefficient (Wildman–Crippen LogP) is 2.29. The van der Waals surface area contributed by atoms with Crippen LogP contribution in [0.1, 0.15) is 31.1 Å². The quantitative estimate of drug-likeness (QED) is 0.753. The largest absolute Gasteiger partial charge is 0.338 e. The van der Waals surface area contributed by atoms with E-state index in [1.807, 2.05) is 13.0 Å². The Morgan fingerprint density at radius 1 is 1.33 bits per heavy atom. The third kappa shape index (κ3) is 4.04. The van der Waals surface area contributed by atoms with Gasteiger partial charge < -0.3 is 4.90 Å². The van der Waals surface area contributed by atoms with Crippen LogP contribution in [0, 0.1) is 0 Å². The topological polar surface area (TPSA) is 57.7 Å². The number of thiophene rings is 1. The molecule has 7 heteroatoms. The van der Waals surface area contributed by atoms with Crippen molar-refractivity contribution in [1.29, 1.82) is 0 Å². The summed E-state index contributed by atoms with van der Waals surface area (Å²) in [5.74, 6) is -0.420. The summed E-state index contributed by atoms with van der Waals surface area (Å²) < 4.78 is 0.696. The standard InChI is InChI=1S/C14H17ClN2O3S/c1-2-16(9-10-3-4-11(15)21-10)12(18)7-8-17-13(19)5-6-14(17)20/h3-4H,2,5-9H2,1H3. The summed E-state index contributed by atoms with van der Waals surface area (Å²) in [5.41, 5.74) is 0. The summed E-state index contributed by atoms with van der Waals surface area (Å²) in [6.45, 7) is 3.17. The van der Waals surface area contributed by atoms with Gasteiger partial charge in [0.15, 0.2) is 0 Å². The summed E-state index contributed by atoms with van der Waals surface area (Å²) in [7, 11) is 0. The zero-order valence-corrected chi connectivity index (χ0v) is 13.4. The van der Waals surface area contributed by atoms with Crippen molar-refractivity contribution >= 4 is 40.7 Å². The maximum atomic E-state index is 12.2. The van der Waals surface area contributed by atoms with Crippen LogP contribution >= 0.6 is 22.9 Å². The fourth-order valence-electron chi connectivity index (χ4n) is 2.24. The van der Waals surface area contributed by atoms with Crippen LogP contribution in [0.2, 0.25) is 4.34 Å². The van der Waals surface area contributed by atoms with Crippen molar-refractivity contribution in [3.8, 4) is 0 Å². The summed E-state index contributed by atoms with van der Waals surface area (Å²) in [4.78, 5) is 39.1. The molecule has 1 aliphatic rings. The number of carbonyl (C=O) groups is 3. The van der Waals surface area contributed by atoms with Gasteiger partial charge in [0.2, 0.25) is 17.7 Å². The van der Waals surface area contributed by atoms with Gasteiger partial charge in [-0.1, -0.05) is 11.6 Å². The second-order valence-corrected chi connectivity index (χ2v) is 6.60. The first kappa shape index (κ1) is 16.0. The van der Waals surface area contributed by atoms with Crippen molar-refractivity contribution in [1.82, 2.24) is 9.80 Å². The fourth-order valence-corrected chi connectivity index (χ4v) is 3.34. The van der Waals surface area contributed by atoms with E-state index in [2.05, 4.69) is 0 Å². The molecule has 5 nitrogen and oxygen atoms in total. The summed E-state index contributed by atoms with van der Waals surface area (Å²) in [6, 6.07) is 3.71. The Kier molecular flexibility index (Phi) is 5.36. The first-order chi connectivity index (χ1) is 10.0. The second-order valence-electron chi connectivity index (χ2n) is 4.80. The smallest absolute Gasteiger partial charge is 0.229 e. The highest BCUT2D eigenvalue weighted by molar-refractivity contribution is 7.16. The van der Waals surface area contributed by atoms with Crippen LogP contribution in [-0.4, -0.2) is 40.6 Å². The highest BCUT2D eigenvalue weighted by Gasteiger charge is 2.29. The molecular formula is C14H17ClN2O3S. The molecule has 3 amide bonds. The molecule has 0 aromatic carbocycles. The predicted molar refractivity (Wildman–Crippen MR) is 81.0 cm³/mol. The van der Waals surface area contributed by atoms with E-state index in [0.717, 1.165) is 4.88 Å². The maximum Gasteiger partial charge on any atom is 0.229 e. The zero-order valence-electron chi connectivity index (χ0n) is 11.8. The number of likely N-dealkylation sites (tertiary alicyclic amines) is 1. The normalized spacial score (nSPS) is 14.9. The minimum Gasteiger partial charge on any atom is -0.338 e. The van der Waals surface area contributed by atoms with E-state index in [9.17, 15) is 14.4 Å². The lowest BCUT2D eigenvalue weighted by atomic mass is 10.3. The monoisotopic (exact) mass is 328 g/mol. The molecule has 1 aromatic heterocycles. The Hall–Kier alpha value is -1.40. The molecule has 0 spiro atoms. The van der Waals surface area contributed by atoms with E-state index in [1.54, 1.807) is 11.0 Å². The maximum absolute atomic E-state index is 12.2. The molecule has 0 aliphatic carbocycles. The van der Waals surface area contributed by atoms with E-state index in [0.29, 0.717) is 17.4 Å². The Labute approximate surface area is 132 Å². The van der Waals surface area contributed by atoms with Gasteiger partial charge in [0.05, 0.1) is 10.9 Å². The summed E-state index contributed by atoms with van der Waals surface area (Å²) in [6.07, 6.45) is 0.695. The molecule has 1 aliphatic heterocycles. The molecule has 2 rings (SSSR count). The van der Waals surface area contributed by atoms with Gasteiger partial charge in [0.25, 0.3) is 0 Å². The van der Waals surface area contributed by atoms with Crippen LogP contribution in [0.5, 0.6) is 0 Å². The van der Waals surface area contributed by atoms with Gasteiger partial charge in [-0.15, -0.1) is 11.3 Å². The fraction of sp³-hybridized carbons (Fsp3) is 0.500. The highest BCUT2D eigenvalue weighted by atomic mass is 35.5. The molecule has 0 saturated carbocycles. The molecule has 0 N–H and O–H groups in total. The first-order valence-electron chi connectivity index (χ1n) is 6.86. The van der Waals surface area contributed by atoms with Crippen molar-refractivity contribution in [2.24, 2.45) is 0 Å². The molecule has 1 saturated heterocycles.